The van der Waals surface area contributed by atoms with E-state index in [-0.39, 0.29) is 24.0 Å². The number of carbonyl (C=O) groups is 3. The minimum atomic E-state index is -1.28. The minimum absolute atomic E-state index is 0.0185. The van der Waals surface area contributed by atoms with Crippen LogP contribution in [0, 0.1) is 5.41 Å². The van der Waals surface area contributed by atoms with Gasteiger partial charge in [-0.05, 0) is 31.6 Å². The Morgan fingerprint density at radius 3 is 2.12 bits per heavy atom. The van der Waals surface area contributed by atoms with Gasteiger partial charge in [-0.15, -0.1) is 0 Å². The smallest absolute Gasteiger partial charge is 0.333 e. The van der Waals surface area contributed by atoms with Crippen LogP contribution in [0.3, 0.4) is 0 Å². The van der Waals surface area contributed by atoms with E-state index in [0.717, 1.165) is 19.3 Å². The van der Waals surface area contributed by atoms with Crippen LogP contribution in [0.25, 0.3) is 0 Å². The summed E-state index contributed by atoms with van der Waals surface area (Å²) in [5.41, 5.74) is 10.8. The summed E-state index contributed by atoms with van der Waals surface area (Å²) in [6.07, 6.45) is 2.58. The number of ether oxygens (including phenoxy) is 3. The van der Waals surface area contributed by atoms with Gasteiger partial charge in [-0.25, -0.2) is 9.59 Å². The van der Waals surface area contributed by atoms with Gasteiger partial charge in [0.15, 0.2) is 0 Å². The van der Waals surface area contributed by atoms with E-state index in [9.17, 15) is 14.4 Å². The molecule has 1 unspecified atom stereocenters. The maximum Gasteiger partial charge on any atom is 0.333 e. The highest BCUT2D eigenvalue weighted by Gasteiger charge is 2.46. The van der Waals surface area contributed by atoms with Crippen LogP contribution in [-0.2, 0) is 28.6 Å². The first kappa shape index (κ1) is 20.5. The van der Waals surface area contributed by atoms with Crippen LogP contribution in [0.1, 0.15) is 46.5 Å². The summed E-state index contributed by atoms with van der Waals surface area (Å²) in [5.74, 6) is -2.62. The number of hydrogen-bond donors (Lipinski definition) is 2. The van der Waals surface area contributed by atoms with Crippen molar-refractivity contribution < 1.29 is 28.6 Å². The van der Waals surface area contributed by atoms with E-state index in [2.05, 4.69) is 23.3 Å². The van der Waals surface area contributed by atoms with Crippen molar-refractivity contribution >= 4 is 17.9 Å². The Bertz CT molecular complexity index is 493. The van der Waals surface area contributed by atoms with Crippen molar-refractivity contribution in [2.24, 2.45) is 16.9 Å². The Hall–Kier alpha value is -1.51. The minimum Gasteiger partial charge on any atom is -0.469 e. The lowest BCUT2D eigenvalue weighted by Gasteiger charge is -2.38. The summed E-state index contributed by atoms with van der Waals surface area (Å²) in [7, 11) is 1.17. The molecule has 8 heteroatoms. The lowest BCUT2D eigenvalue weighted by molar-refractivity contribution is -0.166. The van der Waals surface area contributed by atoms with Gasteiger partial charge in [-0.2, -0.15) is 0 Å². The van der Waals surface area contributed by atoms with Crippen molar-refractivity contribution in [3.63, 3.8) is 0 Å². The van der Waals surface area contributed by atoms with Gasteiger partial charge < -0.3 is 25.7 Å². The van der Waals surface area contributed by atoms with Crippen molar-refractivity contribution in [1.29, 1.82) is 0 Å². The van der Waals surface area contributed by atoms with Crippen LogP contribution >= 0.6 is 0 Å². The summed E-state index contributed by atoms with van der Waals surface area (Å²) < 4.78 is 14.9. The summed E-state index contributed by atoms with van der Waals surface area (Å²) in [6, 6.07) is -2.38. The Balaban J connectivity index is 2.48. The van der Waals surface area contributed by atoms with E-state index in [4.69, 9.17) is 16.2 Å². The Morgan fingerprint density at radius 1 is 1.04 bits per heavy atom. The molecule has 1 saturated carbocycles. The fourth-order valence-electron chi connectivity index (χ4n) is 2.68. The van der Waals surface area contributed by atoms with Gasteiger partial charge in [0.25, 0.3) is 0 Å². The van der Waals surface area contributed by atoms with Crippen LogP contribution in [0.2, 0.25) is 0 Å². The molecule has 0 aliphatic heterocycles. The third-order valence-corrected chi connectivity index (χ3v) is 4.89. The van der Waals surface area contributed by atoms with Gasteiger partial charge in [-0.3, -0.25) is 4.79 Å². The second-order valence-corrected chi connectivity index (χ2v) is 7.01. The molecule has 0 aromatic carbocycles. The zero-order chi connectivity index (χ0) is 18.5. The van der Waals surface area contributed by atoms with Crippen LogP contribution < -0.4 is 11.5 Å². The van der Waals surface area contributed by atoms with E-state index >= 15 is 0 Å². The van der Waals surface area contributed by atoms with Crippen molar-refractivity contribution in [3.8, 4) is 0 Å². The number of carbonyl (C=O) groups excluding carboxylic acids is 3. The third-order valence-electron chi connectivity index (χ3n) is 4.89. The molecular formula is C16H28N2O6. The van der Waals surface area contributed by atoms with Crippen LogP contribution in [-0.4, -0.2) is 49.3 Å². The number of rotatable bonds is 7. The molecule has 0 bridgehead atoms. The molecule has 0 radical (unpaired) electrons. The summed E-state index contributed by atoms with van der Waals surface area (Å²) >= 11 is 0. The van der Waals surface area contributed by atoms with Gasteiger partial charge in [0, 0.05) is 0 Å². The highest BCUT2D eigenvalue weighted by Crippen LogP contribution is 2.48. The molecule has 24 heavy (non-hydrogen) atoms. The van der Waals surface area contributed by atoms with Crippen LogP contribution in [0.5, 0.6) is 0 Å². The number of nitrogens with two attached hydrogens (primary N) is 2. The molecule has 0 amide bonds. The molecular weight excluding hydrogens is 316 g/mol. The molecule has 3 atom stereocenters. The average Bonchev–Trinajstić information content (AvgIpc) is 2.78. The molecule has 1 fully saturated rings. The molecule has 0 aromatic rings. The molecule has 0 saturated heterocycles. The highest BCUT2D eigenvalue weighted by molar-refractivity contribution is 5.92. The highest BCUT2D eigenvalue weighted by atomic mass is 16.6. The molecule has 1 aliphatic carbocycles. The van der Waals surface area contributed by atoms with Crippen LogP contribution in [0.15, 0.2) is 0 Å². The van der Waals surface area contributed by atoms with Crippen molar-refractivity contribution in [3.05, 3.63) is 0 Å². The van der Waals surface area contributed by atoms with Crippen molar-refractivity contribution in [1.82, 2.24) is 0 Å². The third kappa shape index (κ3) is 4.99. The van der Waals surface area contributed by atoms with Crippen molar-refractivity contribution in [2.75, 3.05) is 13.7 Å². The Kier molecular flexibility index (Phi) is 6.88. The summed E-state index contributed by atoms with van der Waals surface area (Å²) in [5, 5.41) is 0. The van der Waals surface area contributed by atoms with E-state index in [1.54, 1.807) is 0 Å². The predicted molar refractivity (Wildman–Crippen MR) is 85.7 cm³/mol. The molecule has 0 aromatic heterocycles. The molecule has 0 spiro atoms. The SMILES string of the molecule is COC(=O)C[C@H](N)C(=O)OC(=O)[C@@H](N)COC1(C)CCCC1(C)C. The van der Waals surface area contributed by atoms with Crippen LogP contribution in [0.4, 0.5) is 0 Å². The second kappa shape index (κ2) is 8.04. The average molecular weight is 344 g/mol. The largest absolute Gasteiger partial charge is 0.469 e. The first-order valence-corrected chi connectivity index (χ1v) is 8.00. The zero-order valence-corrected chi connectivity index (χ0v) is 14.8. The maximum absolute atomic E-state index is 11.9. The topological polar surface area (TPSA) is 131 Å². The normalized spacial score (nSPS) is 24.9. The molecule has 1 aliphatic rings. The number of hydrogen-bond acceptors (Lipinski definition) is 8. The Labute approximate surface area is 142 Å². The van der Waals surface area contributed by atoms with E-state index in [1.165, 1.54) is 7.11 Å². The summed E-state index contributed by atoms with van der Waals surface area (Å²) in [4.78, 5) is 34.6. The number of esters is 3. The lowest BCUT2D eigenvalue weighted by atomic mass is 9.79. The lowest BCUT2D eigenvalue weighted by Crippen LogP contribution is -2.46. The molecule has 0 heterocycles. The zero-order valence-electron chi connectivity index (χ0n) is 14.8. The molecule has 138 valence electrons. The molecule has 1 rings (SSSR count). The maximum atomic E-state index is 11.9. The van der Waals surface area contributed by atoms with E-state index in [1.807, 2.05) is 6.92 Å². The first-order valence-electron chi connectivity index (χ1n) is 8.00. The molecule has 4 N–H and O–H groups in total. The molecule has 8 nitrogen and oxygen atoms in total. The van der Waals surface area contributed by atoms with Gasteiger partial charge in [0.05, 0.1) is 25.7 Å². The van der Waals surface area contributed by atoms with Gasteiger partial charge >= 0.3 is 17.9 Å². The standard InChI is InChI=1S/C16H28N2O6/c1-15(2)6-5-7-16(15,3)23-9-11(18)14(21)24-13(20)10(17)8-12(19)22-4/h10-11H,5-9,17-18H2,1-4H3/t10-,11-,16?/m0/s1. The van der Waals surface area contributed by atoms with Crippen molar-refractivity contribution in [2.45, 2.75) is 64.1 Å². The van der Waals surface area contributed by atoms with Gasteiger partial charge in [0.1, 0.15) is 12.1 Å². The fourth-order valence-corrected chi connectivity index (χ4v) is 2.68. The quantitative estimate of drug-likeness (QED) is 0.496. The monoisotopic (exact) mass is 344 g/mol. The van der Waals surface area contributed by atoms with Gasteiger partial charge in [0.2, 0.25) is 0 Å². The number of methoxy groups -OCH3 is 1. The summed E-state index contributed by atoms with van der Waals surface area (Å²) in [6.45, 7) is 6.16. The van der Waals surface area contributed by atoms with Gasteiger partial charge in [-0.1, -0.05) is 13.8 Å². The first-order chi connectivity index (χ1) is 11.0. The van der Waals surface area contributed by atoms with E-state index < -0.39 is 30.0 Å². The van der Waals surface area contributed by atoms with E-state index in [0.29, 0.717) is 0 Å². The second-order valence-electron chi connectivity index (χ2n) is 7.01. The predicted octanol–water partition coefficient (Wildman–Crippen LogP) is 0.259. The fraction of sp³-hybridized carbons (Fsp3) is 0.812. The Morgan fingerprint density at radius 2 is 1.62 bits per heavy atom.